The molecule has 1 saturated carbocycles. The molecule has 1 N–H and O–H groups in total. The molecule has 3 nitrogen and oxygen atoms in total. The van der Waals surface area contributed by atoms with E-state index in [0.29, 0.717) is 16.3 Å². The number of phenolic OH excluding ortho intramolecular Hbond substituents is 1. The first kappa shape index (κ1) is 15.6. The molecule has 2 rings (SSSR count). The normalized spacial score (nSPS) is 23.1. The van der Waals surface area contributed by atoms with Gasteiger partial charge in [-0.05, 0) is 59.4 Å². The maximum absolute atomic E-state index is 9.85. The molecule has 1 aromatic rings. The molecule has 1 aliphatic rings. The summed E-state index contributed by atoms with van der Waals surface area (Å²) in [5.74, 6) is 1.53. The molecule has 2 atom stereocenters. The summed E-state index contributed by atoms with van der Waals surface area (Å²) in [6.45, 7) is 3.23. The molecule has 0 heterocycles. The van der Waals surface area contributed by atoms with E-state index >= 15 is 0 Å². The van der Waals surface area contributed by atoms with Gasteiger partial charge in [-0.2, -0.15) is 0 Å². The second-order valence-corrected chi connectivity index (χ2v) is 6.82. The Morgan fingerprint density at radius 1 is 1.40 bits per heavy atom. The number of phenols is 1. The fraction of sp³-hybridized carbons (Fsp3) is 0.625. The third-order valence-corrected chi connectivity index (χ3v) is 4.88. The summed E-state index contributed by atoms with van der Waals surface area (Å²) in [6.07, 6.45) is 5.27. The second-order valence-electron chi connectivity index (χ2n) is 5.97. The maximum Gasteiger partial charge on any atom is 0.172 e. The van der Waals surface area contributed by atoms with Gasteiger partial charge in [0.2, 0.25) is 0 Å². The number of nitrogens with zero attached hydrogens (tertiary/aromatic N) is 1. The van der Waals surface area contributed by atoms with Gasteiger partial charge in [-0.15, -0.1) is 0 Å². The van der Waals surface area contributed by atoms with E-state index in [1.54, 1.807) is 7.11 Å². The Bertz CT molecular complexity index is 464. The number of aromatic hydroxyl groups is 1. The number of hydrogen-bond acceptors (Lipinski definition) is 3. The van der Waals surface area contributed by atoms with Crippen LogP contribution in [0.15, 0.2) is 16.6 Å². The lowest BCUT2D eigenvalue weighted by atomic mass is 9.86. The summed E-state index contributed by atoms with van der Waals surface area (Å²) >= 11 is 3.38. The van der Waals surface area contributed by atoms with Crippen LogP contribution in [0.3, 0.4) is 0 Å². The van der Waals surface area contributed by atoms with Crippen molar-refractivity contribution in [2.45, 2.75) is 45.2 Å². The van der Waals surface area contributed by atoms with Crippen LogP contribution in [0.4, 0.5) is 0 Å². The van der Waals surface area contributed by atoms with Gasteiger partial charge < -0.3 is 9.84 Å². The number of halogens is 1. The first-order valence-electron chi connectivity index (χ1n) is 7.27. The smallest absolute Gasteiger partial charge is 0.172 e. The summed E-state index contributed by atoms with van der Waals surface area (Å²) in [7, 11) is 3.77. The molecule has 0 radical (unpaired) electrons. The van der Waals surface area contributed by atoms with E-state index in [1.165, 1.54) is 25.7 Å². The van der Waals surface area contributed by atoms with Crippen molar-refractivity contribution in [1.82, 2.24) is 4.90 Å². The molecule has 2 unspecified atom stereocenters. The molecule has 0 aromatic heterocycles. The van der Waals surface area contributed by atoms with Crippen molar-refractivity contribution in [3.63, 3.8) is 0 Å². The molecule has 0 bridgehead atoms. The van der Waals surface area contributed by atoms with Crippen LogP contribution in [0.25, 0.3) is 0 Å². The third kappa shape index (κ3) is 3.67. The van der Waals surface area contributed by atoms with Crippen molar-refractivity contribution in [3.05, 3.63) is 22.2 Å². The zero-order valence-corrected chi connectivity index (χ0v) is 14.1. The van der Waals surface area contributed by atoms with Crippen LogP contribution in [0.5, 0.6) is 11.5 Å². The minimum Gasteiger partial charge on any atom is -0.503 e. The highest BCUT2D eigenvalue weighted by molar-refractivity contribution is 9.10. The predicted octanol–water partition coefficient (Wildman–Crippen LogP) is 4.17. The van der Waals surface area contributed by atoms with Gasteiger partial charge in [0.05, 0.1) is 11.6 Å². The van der Waals surface area contributed by atoms with E-state index in [2.05, 4.69) is 34.8 Å². The highest BCUT2D eigenvalue weighted by Crippen LogP contribution is 2.36. The first-order chi connectivity index (χ1) is 9.51. The van der Waals surface area contributed by atoms with E-state index in [0.717, 1.165) is 18.0 Å². The first-order valence-corrected chi connectivity index (χ1v) is 8.06. The van der Waals surface area contributed by atoms with Crippen LogP contribution < -0.4 is 4.74 Å². The van der Waals surface area contributed by atoms with Crippen LogP contribution >= 0.6 is 15.9 Å². The fourth-order valence-electron chi connectivity index (χ4n) is 3.09. The van der Waals surface area contributed by atoms with Gasteiger partial charge in [-0.25, -0.2) is 0 Å². The zero-order chi connectivity index (χ0) is 14.7. The van der Waals surface area contributed by atoms with Gasteiger partial charge in [0.25, 0.3) is 0 Å². The van der Waals surface area contributed by atoms with Crippen molar-refractivity contribution in [3.8, 4) is 11.5 Å². The second kappa shape index (κ2) is 6.81. The quantitative estimate of drug-likeness (QED) is 0.891. The van der Waals surface area contributed by atoms with Crippen LogP contribution in [0.2, 0.25) is 0 Å². The molecule has 0 aliphatic heterocycles. The lowest BCUT2D eigenvalue weighted by Crippen LogP contribution is -2.35. The van der Waals surface area contributed by atoms with Gasteiger partial charge in [-0.3, -0.25) is 4.90 Å². The van der Waals surface area contributed by atoms with Crippen LogP contribution in [0.1, 0.15) is 38.2 Å². The van der Waals surface area contributed by atoms with Gasteiger partial charge in [0, 0.05) is 12.6 Å². The largest absolute Gasteiger partial charge is 0.503 e. The Morgan fingerprint density at radius 3 is 2.80 bits per heavy atom. The van der Waals surface area contributed by atoms with Crippen molar-refractivity contribution >= 4 is 15.9 Å². The molecular weight excluding hydrogens is 318 g/mol. The molecule has 20 heavy (non-hydrogen) atoms. The number of rotatable bonds is 4. The monoisotopic (exact) mass is 341 g/mol. The molecule has 0 spiro atoms. The van der Waals surface area contributed by atoms with E-state index < -0.39 is 0 Å². The lowest BCUT2D eigenvalue weighted by Gasteiger charge is -2.34. The number of methoxy groups -OCH3 is 1. The van der Waals surface area contributed by atoms with Crippen LogP contribution in [0, 0.1) is 5.92 Å². The standard InChI is InChI=1S/C16H24BrNO2/c1-11-5-4-6-13(7-11)18(2)10-12-8-14(17)16(19)15(9-12)20-3/h8-9,11,13,19H,4-7,10H2,1-3H3. The molecule has 1 fully saturated rings. The third-order valence-electron chi connectivity index (χ3n) is 4.27. The topological polar surface area (TPSA) is 32.7 Å². The lowest BCUT2D eigenvalue weighted by molar-refractivity contribution is 0.157. The number of benzene rings is 1. The summed E-state index contributed by atoms with van der Waals surface area (Å²) in [5, 5.41) is 9.85. The Kier molecular flexibility index (Phi) is 5.33. The van der Waals surface area contributed by atoms with E-state index in [1.807, 2.05) is 12.1 Å². The molecule has 1 aliphatic carbocycles. The maximum atomic E-state index is 9.85. The molecule has 0 saturated heterocycles. The minimum atomic E-state index is 0.171. The van der Waals surface area contributed by atoms with Crippen molar-refractivity contribution in [2.75, 3.05) is 14.2 Å². The van der Waals surface area contributed by atoms with Gasteiger partial charge >= 0.3 is 0 Å². The Balaban J connectivity index is 2.07. The average molecular weight is 342 g/mol. The summed E-state index contributed by atoms with van der Waals surface area (Å²) < 4.78 is 5.90. The van der Waals surface area contributed by atoms with Crippen molar-refractivity contribution < 1.29 is 9.84 Å². The highest BCUT2D eigenvalue weighted by atomic mass is 79.9. The summed E-state index contributed by atoms with van der Waals surface area (Å²) in [6, 6.07) is 4.56. The Morgan fingerprint density at radius 2 is 2.15 bits per heavy atom. The zero-order valence-electron chi connectivity index (χ0n) is 12.5. The van der Waals surface area contributed by atoms with E-state index in [9.17, 15) is 5.11 Å². The van der Waals surface area contributed by atoms with Gasteiger partial charge in [-0.1, -0.05) is 19.8 Å². The van der Waals surface area contributed by atoms with Crippen LogP contribution in [-0.2, 0) is 6.54 Å². The van der Waals surface area contributed by atoms with E-state index in [4.69, 9.17) is 4.74 Å². The molecule has 0 amide bonds. The Labute approximate surface area is 130 Å². The van der Waals surface area contributed by atoms with E-state index in [-0.39, 0.29) is 5.75 Å². The van der Waals surface area contributed by atoms with Gasteiger partial charge in [0.1, 0.15) is 0 Å². The molecule has 1 aromatic carbocycles. The van der Waals surface area contributed by atoms with Crippen LogP contribution in [-0.4, -0.2) is 30.2 Å². The Hall–Kier alpha value is -0.740. The average Bonchev–Trinajstić information content (AvgIpc) is 2.42. The predicted molar refractivity (Wildman–Crippen MR) is 85.2 cm³/mol. The molecular formula is C16H24BrNO2. The highest BCUT2D eigenvalue weighted by Gasteiger charge is 2.22. The molecule has 112 valence electrons. The number of ether oxygens (including phenoxy) is 1. The summed E-state index contributed by atoms with van der Waals surface area (Å²) in [4.78, 5) is 2.42. The number of hydrogen-bond donors (Lipinski definition) is 1. The summed E-state index contributed by atoms with van der Waals surface area (Å²) in [5.41, 5.74) is 1.16. The SMILES string of the molecule is COc1cc(CN(C)C2CCCC(C)C2)cc(Br)c1O. The fourth-order valence-corrected chi connectivity index (χ4v) is 3.58. The van der Waals surface area contributed by atoms with Crippen molar-refractivity contribution in [1.29, 1.82) is 0 Å². The van der Waals surface area contributed by atoms with Crippen molar-refractivity contribution in [2.24, 2.45) is 5.92 Å². The minimum absolute atomic E-state index is 0.171. The van der Waals surface area contributed by atoms with Gasteiger partial charge in [0.15, 0.2) is 11.5 Å². The molecule has 4 heteroatoms.